The van der Waals surface area contributed by atoms with Crippen LogP contribution in [0.2, 0.25) is 0 Å². The van der Waals surface area contributed by atoms with Crippen LogP contribution in [0, 0.1) is 0 Å². The van der Waals surface area contributed by atoms with E-state index in [4.69, 9.17) is 5.73 Å². The summed E-state index contributed by atoms with van der Waals surface area (Å²) in [6.07, 6.45) is 0. The highest BCUT2D eigenvalue weighted by Gasteiger charge is 1.98. The van der Waals surface area contributed by atoms with Gasteiger partial charge in [0.25, 0.3) is 0 Å². The van der Waals surface area contributed by atoms with Crippen LogP contribution in [0.25, 0.3) is 0 Å². The molecule has 3 nitrogen and oxygen atoms in total. The third-order valence-electron chi connectivity index (χ3n) is 2.78. The maximum absolute atomic E-state index is 5.77. The zero-order valence-electron chi connectivity index (χ0n) is 12.2. The van der Waals surface area contributed by atoms with E-state index in [9.17, 15) is 0 Å². The fourth-order valence-corrected chi connectivity index (χ4v) is 2.44. The number of aliphatic imine (C=N–C) groups is 1. The Hall–Kier alpha value is -1.46. The van der Waals surface area contributed by atoms with Crippen LogP contribution in [0.15, 0.2) is 69.4 Å². The van der Waals surface area contributed by atoms with Gasteiger partial charge in [-0.15, -0.1) is 17.0 Å². The summed E-state index contributed by atoms with van der Waals surface area (Å²) in [6, 6.07) is 18.8. The second kappa shape index (κ2) is 8.74. The molecule has 0 atom stereocenters. The fourth-order valence-electron chi connectivity index (χ4n) is 1.60. The number of hydrogen-bond acceptors (Lipinski definition) is 2. The monoisotopic (exact) mass is 365 g/mol. The summed E-state index contributed by atoms with van der Waals surface area (Å²) in [5, 5.41) is 0. The van der Waals surface area contributed by atoms with E-state index in [1.807, 2.05) is 20.2 Å². The molecule has 0 aliphatic rings. The summed E-state index contributed by atoms with van der Waals surface area (Å²) < 4.78 is 0. The van der Waals surface area contributed by atoms with Crippen molar-refractivity contribution in [1.29, 1.82) is 0 Å². The van der Waals surface area contributed by atoms with Gasteiger partial charge < -0.3 is 10.6 Å². The van der Waals surface area contributed by atoms with Crippen molar-refractivity contribution in [2.45, 2.75) is 16.3 Å². The molecule has 0 aliphatic carbocycles. The van der Waals surface area contributed by atoms with Crippen molar-refractivity contribution < 1.29 is 0 Å². The van der Waals surface area contributed by atoms with E-state index < -0.39 is 0 Å². The maximum atomic E-state index is 5.77. The Balaban J connectivity index is 0.00000220. The fraction of sp³-hybridized carbons (Fsp3) is 0.188. The molecule has 2 aromatic carbocycles. The van der Waals surface area contributed by atoms with Crippen LogP contribution in [-0.4, -0.2) is 25.0 Å². The molecule has 0 radical (unpaired) electrons. The molecule has 0 aromatic heterocycles. The average molecular weight is 366 g/mol. The number of guanidine groups is 1. The van der Waals surface area contributed by atoms with Crippen LogP contribution in [0.5, 0.6) is 0 Å². The van der Waals surface area contributed by atoms with Gasteiger partial charge in [-0.2, -0.15) is 0 Å². The predicted octanol–water partition coefficient (Wildman–Crippen LogP) is 3.79. The van der Waals surface area contributed by atoms with E-state index in [1.165, 1.54) is 9.79 Å². The van der Waals surface area contributed by atoms with Gasteiger partial charge in [-0.3, -0.25) is 0 Å². The van der Waals surface area contributed by atoms with Gasteiger partial charge in [-0.05, 0) is 29.8 Å². The SMILES string of the molecule is Br.CN(C)C(N)=NCc1ccc(Sc2ccccc2)cc1. The first-order chi connectivity index (χ1) is 9.65. The number of rotatable bonds is 4. The van der Waals surface area contributed by atoms with Gasteiger partial charge in [0.1, 0.15) is 0 Å². The minimum atomic E-state index is 0. The van der Waals surface area contributed by atoms with Crippen LogP contribution in [0.1, 0.15) is 5.56 Å². The Kier molecular flexibility index (Phi) is 7.32. The van der Waals surface area contributed by atoms with E-state index in [2.05, 4.69) is 53.5 Å². The summed E-state index contributed by atoms with van der Waals surface area (Å²) in [4.78, 5) is 8.60. The van der Waals surface area contributed by atoms with Crippen molar-refractivity contribution in [2.75, 3.05) is 14.1 Å². The average Bonchev–Trinajstić information content (AvgIpc) is 2.47. The Morgan fingerprint density at radius 1 is 1.00 bits per heavy atom. The van der Waals surface area contributed by atoms with Crippen LogP contribution in [0.4, 0.5) is 0 Å². The smallest absolute Gasteiger partial charge is 0.191 e. The zero-order valence-corrected chi connectivity index (χ0v) is 14.7. The largest absolute Gasteiger partial charge is 0.370 e. The van der Waals surface area contributed by atoms with Gasteiger partial charge in [0.15, 0.2) is 5.96 Å². The summed E-state index contributed by atoms with van der Waals surface area (Å²) in [5.41, 5.74) is 6.93. The van der Waals surface area contributed by atoms with Crippen LogP contribution >= 0.6 is 28.7 Å². The maximum Gasteiger partial charge on any atom is 0.191 e. The van der Waals surface area contributed by atoms with Gasteiger partial charge >= 0.3 is 0 Å². The topological polar surface area (TPSA) is 41.6 Å². The summed E-state index contributed by atoms with van der Waals surface area (Å²) in [5.74, 6) is 0.549. The predicted molar refractivity (Wildman–Crippen MR) is 96.3 cm³/mol. The molecule has 0 aliphatic heterocycles. The lowest BCUT2D eigenvalue weighted by atomic mass is 10.2. The van der Waals surface area contributed by atoms with E-state index >= 15 is 0 Å². The number of halogens is 1. The molecule has 0 saturated carbocycles. The lowest BCUT2D eigenvalue weighted by Crippen LogP contribution is -2.30. The lowest BCUT2D eigenvalue weighted by Gasteiger charge is -2.10. The standard InChI is InChI=1S/C16H19N3S.BrH/c1-19(2)16(17)18-12-13-8-10-15(11-9-13)20-14-6-4-3-5-7-14;/h3-11H,12H2,1-2H3,(H2,17,18);1H. The normalized spacial score (nSPS) is 10.9. The quantitative estimate of drug-likeness (QED) is 0.661. The van der Waals surface area contributed by atoms with Crippen LogP contribution in [-0.2, 0) is 6.54 Å². The first-order valence-electron chi connectivity index (χ1n) is 6.44. The van der Waals surface area contributed by atoms with Crippen LogP contribution in [0.3, 0.4) is 0 Å². The first kappa shape index (κ1) is 17.6. The molecule has 112 valence electrons. The third kappa shape index (κ3) is 5.81. The molecule has 5 heteroatoms. The van der Waals surface area contributed by atoms with E-state index in [-0.39, 0.29) is 17.0 Å². The number of nitrogens with two attached hydrogens (primary N) is 1. The van der Waals surface area contributed by atoms with Gasteiger partial charge in [-0.1, -0.05) is 42.1 Å². The van der Waals surface area contributed by atoms with E-state index in [0.29, 0.717) is 12.5 Å². The molecule has 2 rings (SSSR count). The molecular weight excluding hydrogens is 346 g/mol. The molecule has 0 bridgehead atoms. The summed E-state index contributed by atoms with van der Waals surface area (Å²) >= 11 is 1.76. The molecule has 0 unspecified atom stereocenters. The van der Waals surface area contributed by atoms with Gasteiger partial charge in [0.2, 0.25) is 0 Å². The van der Waals surface area contributed by atoms with Crippen molar-refractivity contribution >= 4 is 34.7 Å². The van der Waals surface area contributed by atoms with Crippen molar-refractivity contribution in [3.8, 4) is 0 Å². The van der Waals surface area contributed by atoms with Crippen LogP contribution < -0.4 is 5.73 Å². The molecule has 0 fully saturated rings. The minimum absolute atomic E-state index is 0. The Bertz CT molecular complexity index is 568. The minimum Gasteiger partial charge on any atom is -0.370 e. The van der Waals surface area contributed by atoms with E-state index in [1.54, 1.807) is 16.7 Å². The van der Waals surface area contributed by atoms with Crippen molar-refractivity contribution in [2.24, 2.45) is 10.7 Å². The Morgan fingerprint density at radius 3 is 2.14 bits per heavy atom. The van der Waals surface area contributed by atoms with Gasteiger partial charge in [0, 0.05) is 23.9 Å². The molecule has 0 amide bonds. The van der Waals surface area contributed by atoms with Crippen molar-refractivity contribution in [1.82, 2.24) is 4.90 Å². The molecule has 0 saturated heterocycles. The lowest BCUT2D eigenvalue weighted by molar-refractivity contribution is 0.609. The highest BCUT2D eigenvalue weighted by molar-refractivity contribution is 8.93. The molecule has 21 heavy (non-hydrogen) atoms. The Morgan fingerprint density at radius 2 is 1.57 bits per heavy atom. The van der Waals surface area contributed by atoms with Crippen molar-refractivity contribution in [3.05, 3.63) is 60.2 Å². The first-order valence-corrected chi connectivity index (χ1v) is 7.26. The molecule has 0 spiro atoms. The van der Waals surface area contributed by atoms with Gasteiger partial charge in [0.05, 0.1) is 6.54 Å². The molecule has 2 aromatic rings. The second-order valence-electron chi connectivity index (χ2n) is 4.63. The number of hydrogen-bond donors (Lipinski definition) is 1. The summed E-state index contributed by atoms with van der Waals surface area (Å²) in [7, 11) is 3.77. The zero-order chi connectivity index (χ0) is 14.4. The van der Waals surface area contributed by atoms with Gasteiger partial charge in [-0.25, -0.2) is 4.99 Å². The summed E-state index contributed by atoms with van der Waals surface area (Å²) in [6.45, 7) is 0.611. The number of benzene rings is 2. The molecule has 0 heterocycles. The molecular formula is C16H20BrN3S. The highest BCUT2D eigenvalue weighted by Crippen LogP contribution is 2.27. The molecule has 2 N–H and O–H groups in total. The highest BCUT2D eigenvalue weighted by atomic mass is 79.9. The second-order valence-corrected chi connectivity index (χ2v) is 5.77. The third-order valence-corrected chi connectivity index (χ3v) is 3.80. The Labute approximate surface area is 141 Å². The van der Waals surface area contributed by atoms with E-state index in [0.717, 1.165) is 5.56 Å². The van der Waals surface area contributed by atoms with Crippen molar-refractivity contribution in [3.63, 3.8) is 0 Å². The number of nitrogens with zero attached hydrogens (tertiary/aromatic N) is 2.